The number of hydrogen-bond acceptors (Lipinski definition) is 5. The van der Waals surface area contributed by atoms with Crippen molar-refractivity contribution in [3.63, 3.8) is 0 Å². The zero-order valence-electron chi connectivity index (χ0n) is 12.0. The number of piperazine rings is 1. The topological polar surface area (TPSA) is 69.4 Å². The van der Waals surface area contributed by atoms with Crippen molar-refractivity contribution >= 4 is 11.7 Å². The van der Waals surface area contributed by atoms with Crippen molar-refractivity contribution in [3.05, 3.63) is 0 Å². The van der Waals surface area contributed by atoms with Crippen LogP contribution in [0.2, 0.25) is 0 Å². The first-order chi connectivity index (χ1) is 8.98. The van der Waals surface area contributed by atoms with Gasteiger partial charge in [-0.25, -0.2) is 4.99 Å². The van der Waals surface area contributed by atoms with Crippen molar-refractivity contribution in [1.82, 2.24) is 10.2 Å². The number of carbonyl (C=O) groups is 1. The monoisotopic (exact) mass is 265 g/mol. The number of nitrogens with zero attached hydrogens (tertiary/aromatic N) is 4. The van der Waals surface area contributed by atoms with Gasteiger partial charge in [0.15, 0.2) is 6.67 Å². The van der Waals surface area contributed by atoms with Crippen molar-refractivity contribution in [2.45, 2.75) is 39.7 Å². The largest absolute Gasteiger partial charge is 0.337 e. The Morgan fingerprint density at radius 1 is 1.47 bits per heavy atom. The molecule has 2 rings (SSSR count). The van der Waals surface area contributed by atoms with E-state index in [0.29, 0.717) is 25.3 Å². The molecule has 6 nitrogen and oxygen atoms in total. The number of carbonyl (C=O) groups excluding carboxylic acids is 1. The van der Waals surface area contributed by atoms with E-state index < -0.39 is 0 Å². The molecule has 1 unspecified atom stereocenters. The molecule has 2 aliphatic rings. The first-order valence-electron chi connectivity index (χ1n) is 6.89. The Bertz CT molecular complexity index is 396. The Morgan fingerprint density at radius 2 is 2.26 bits per heavy atom. The Balaban J connectivity index is 1.93. The van der Waals surface area contributed by atoms with E-state index in [2.05, 4.69) is 41.3 Å². The van der Waals surface area contributed by atoms with Crippen LogP contribution in [-0.2, 0) is 4.79 Å². The van der Waals surface area contributed by atoms with E-state index in [4.69, 9.17) is 0 Å². The molecule has 2 aliphatic heterocycles. The second-order valence-electron chi connectivity index (χ2n) is 6.13. The Labute approximate surface area is 114 Å². The number of aliphatic imine (C=N–C) groups is 1. The molecule has 1 saturated heterocycles. The lowest BCUT2D eigenvalue weighted by Gasteiger charge is -2.43. The summed E-state index contributed by atoms with van der Waals surface area (Å²) in [7, 11) is 0. The van der Waals surface area contributed by atoms with Gasteiger partial charge in [0.25, 0.3) is 0 Å². The minimum Gasteiger partial charge on any atom is -0.337 e. The number of amidine groups is 1. The van der Waals surface area contributed by atoms with Crippen LogP contribution in [0.5, 0.6) is 0 Å². The van der Waals surface area contributed by atoms with Gasteiger partial charge in [-0.2, -0.15) is 5.11 Å². The maximum Gasteiger partial charge on any atom is 0.223 e. The summed E-state index contributed by atoms with van der Waals surface area (Å²) in [6.07, 6.45) is 1.08. The van der Waals surface area contributed by atoms with Crippen LogP contribution in [0.25, 0.3) is 0 Å². The van der Waals surface area contributed by atoms with Gasteiger partial charge in [-0.05, 0) is 5.41 Å². The number of nitrogens with one attached hydrogen (secondary N) is 1. The van der Waals surface area contributed by atoms with Gasteiger partial charge in [0, 0.05) is 38.5 Å². The highest BCUT2D eigenvalue weighted by molar-refractivity contribution is 5.88. The molecule has 2 heterocycles. The molecule has 1 N–H and O–H groups in total. The molecule has 1 fully saturated rings. The van der Waals surface area contributed by atoms with Gasteiger partial charge >= 0.3 is 0 Å². The minimum atomic E-state index is 0.0909. The number of azo groups is 1. The van der Waals surface area contributed by atoms with Gasteiger partial charge in [-0.15, -0.1) is 5.11 Å². The van der Waals surface area contributed by atoms with E-state index >= 15 is 0 Å². The normalized spacial score (nSPS) is 23.6. The van der Waals surface area contributed by atoms with Crippen LogP contribution < -0.4 is 5.32 Å². The predicted molar refractivity (Wildman–Crippen MR) is 74.2 cm³/mol. The van der Waals surface area contributed by atoms with Crippen molar-refractivity contribution in [2.24, 2.45) is 20.6 Å². The van der Waals surface area contributed by atoms with Gasteiger partial charge in [-0.3, -0.25) is 4.79 Å². The molecule has 19 heavy (non-hydrogen) atoms. The molecule has 0 spiro atoms. The SMILES string of the molecule is CC(C)(C)C1CNCCN1C(=O)CCC1=NCN=N1. The summed E-state index contributed by atoms with van der Waals surface area (Å²) in [6.45, 7) is 9.49. The molecule has 0 aromatic carbocycles. The standard InChI is InChI=1S/C13H23N5O/c1-13(2,3)10-8-14-6-7-18(10)12(19)5-4-11-15-9-16-17-11/h10,14H,4-9H2,1-3H3. The third kappa shape index (κ3) is 3.59. The molecular weight excluding hydrogens is 242 g/mol. The average Bonchev–Trinajstić information content (AvgIpc) is 2.88. The van der Waals surface area contributed by atoms with E-state index in [1.54, 1.807) is 0 Å². The van der Waals surface area contributed by atoms with Gasteiger partial charge < -0.3 is 10.2 Å². The summed E-state index contributed by atoms with van der Waals surface area (Å²) in [5.41, 5.74) is 0.0909. The molecule has 0 aromatic heterocycles. The van der Waals surface area contributed by atoms with E-state index in [0.717, 1.165) is 19.6 Å². The molecule has 0 radical (unpaired) electrons. The van der Waals surface area contributed by atoms with Crippen LogP contribution in [-0.4, -0.2) is 49.0 Å². The third-order valence-corrected chi connectivity index (χ3v) is 3.63. The van der Waals surface area contributed by atoms with Crippen molar-refractivity contribution in [2.75, 3.05) is 26.3 Å². The van der Waals surface area contributed by atoms with Gasteiger partial charge in [0.05, 0.1) is 0 Å². The second-order valence-corrected chi connectivity index (χ2v) is 6.13. The first kappa shape index (κ1) is 14.1. The quantitative estimate of drug-likeness (QED) is 0.838. The Kier molecular flexibility index (Phi) is 4.29. The molecule has 1 atom stereocenters. The maximum atomic E-state index is 12.4. The second kappa shape index (κ2) is 5.77. The van der Waals surface area contributed by atoms with E-state index in [1.807, 2.05) is 4.90 Å². The fraction of sp³-hybridized carbons (Fsp3) is 0.846. The molecule has 1 amide bonds. The predicted octanol–water partition coefficient (Wildman–Crippen LogP) is 1.43. The minimum absolute atomic E-state index is 0.0909. The molecule has 0 bridgehead atoms. The molecule has 0 aliphatic carbocycles. The van der Waals surface area contributed by atoms with Crippen LogP contribution in [0.4, 0.5) is 0 Å². The molecule has 0 saturated carbocycles. The first-order valence-corrected chi connectivity index (χ1v) is 6.89. The van der Waals surface area contributed by atoms with Crippen molar-refractivity contribution in [1.29, 1.82) is 0 Å². The van der Waals surface area contributed by atoms with Crippen LogP contribution in [0, 0.1) is 5.41 Å². The lowest BCUT2D eigenvalue weighted by atomic mass is 9.84. The zero-order valence-corrected chi connectivity index (χ0v) is 12.0. The van der Waals surface area contributed by atoms with Crippen molar-refractivity contribution < 1.29 is 4.79 Å². The average molecular weight is 265 g/mol. The summed E-state index contributed by atoms with van der Waals surface area (Å²) in [6, 6.07) is 0.251. The van der Waals surface area contributed by atoms with Gasteiger partial charge in [0.2, 0.25) is 5.91 Å². The molecule has 0 aromatic rings. The maximum absolute atomic E-state index is 12.4. The highest BCUT2D eigenvalue weighted by atomic mass is 16.2. The van der Waals surface area contributed by atoms with Gasteiger partial charge in [-0.1, -0.05) is 20.8 Å². The third-order valence-electron chi connectivity index (χ3n) is 3.63. The van der Waals surface area contributed by atoms with E-state index in [1.165, 1.54) is 0 Å². The highest BCUT2D eigenvalue weighted by Crippen LogP contribution is 2.26. The Morgan fingerprint density at radius 3 is 2.89 bits per heavy atom. The fourth-order valence-electron chi connectivity index (χ4n) is 2.53. The summed E-state index contributed by atoms with van der Waals surface area (Å²) in [5, 5.41) is 11.1. The Hall–Kier alpha value is -1.30. The summed E-state index contributed by atoms with van der Waals surface area (Å²) in [5.74, 6) is 0.905. The fourth-order valence-corrected chi connectivity index (χ4v) is 2.53. The van der Waals surface area contributed by atoms with Crippen molar-refractivity contribution in [3.8, 4) is 0 Å². The smallest absolute Gasteiger partial charge is 0.223 e. The molecule has 6 heteroatoms. The highest BCUT2D eigenvalue weighted by Gasteiger charge is 2.34. The summed E-state index contributed by atoms with van der Waals surface area (Å²) in [4.78, 5) is 18.5. The zero-order chi connectivity index (χ0) is 13.9. The van der Waals surface area contributed by atoms with Crippen LogP contribution in [0.1, 0.15) is 33.6 Å². The summed E-state index contributed by atoms with van der Waals surface area (Å²) >= 11 is 0. The van der Waals surface area contributed by atoms with E-state index in [-0.39, 0.29) is 17.4 Å². The number of rotatable bonds is 3. The van der Waals surface area contributed by atoms with Gasteiger partial charge in [0.1, 0.15) is 5.84 Å². The van der Waals surface area contributed by atoms with Crippen LogP contribution >= 0.6 is 0 Å². The molecular formula is C13H23N5O. The lowest BCUT2D eigenvalue weighted by Crippen LogP contribution is -2.58. The molecule has 106 valence electrons. The van der Waals surface area contributed by atoms with Crippen LogP contribution in [0.3, 0.4) is 0 Å². The number of hydrogen-bond donors (Lipinski definition) is 1. The van der Waals surface area contributed by atoms with E-state index in [9.17, 15) is 4.79 Å². The lowest BCUT2D eigenvalue weighted by molar-refractivity contribution is -0.136. The van der Waals surface area contributed by atoms with Crippen LogP contribution in [0.15, 0.2) is 15.2 Å². The summed E-state index contributed by atoms with van der Waals surface area (Å²) < 4.78 is 0. The number of amides is 1.